The predicted molar refractivity (Wildman–Crippen MR) is 184 cm³/mol. The Morgan fingerprint density at radius 2 is 1.62 bits per heavy atom. The average molecular weight is 550 g/mol. The van der Waals surface area contributed by atoms with E-state index in [1.807, 2.05) is 27.7 Å². The van der Waals surface area contributed by atoms with Crippen LogP contribution in [0.5, 0.6) is 0 Å². The molecule has 1 nitrogen and oxygen atoms in total. The molecule has 4 rings (SSSR count). The van der Waals surface area contributed by atoms with Crippen LogP contribution in [0.3, 0.4) is 0 Å². The van der Waals surface area contributed by atoms with Crippen LogP contribution in [-0.2, 0) is 0 Å². The maximum absolute atomic E-state index is 6.13. The van der Waals surface area contributed by atoms with Crippen LogP contribution < -0.4 is 5.73 Å². The largest absolute Gasteiger partial charge is 0.399 e. The fraction of sp³-hybridized carbons (Fsp3) is 0.692. The summed E-state index contributed by atoms with van der Waals surface area (Å²) in [5.74, 6) is 3.18. The summed E-state index contributed by atoms with van der Waals surface area (Å²) in [5.41, 5.74) is 15.2. The Bertz CT molecular complexity index is 945. The van der Waals surface area contributed by atoms with Crippen molar-refractivity contribution in [2.24, 2.45) is 34.5 Å². The molecule has 0 aliphatic heterocycles. The van der Waals surface area contributed by atoms with Gasteiger partial charge in [0.05, 0.1) is 0 Å². The molecule has 1 aromatic carbocycles. The van der Waals surface area contributed by atoms with Gasteiger partial charge in [0.15, 0.2) is 0 Å². The van der Waals surface area contributed by atoms with Crippen molar-refractivity contribution in [3.63, 3.8) is 0 Å². The van der Waals surface area contributed by atoms with Gasteiger partial charge in [-0.3, -0.25) is 0 Å². The van der Waals surface area contributed by atoms with Gasteiger partial charge in [0.2, 0.25) is 0 Å². The van der Waals surface area contributed by atoms with Crippen molar-refractivity contribution in [2.45, 2.75) is 141 Å². The van der Waals surface area contributed by atoms with Gasteiger partial charge in [-0.2, -0.15) is 0 Å². The van der Waals surface area contributed by atoms with Crippen molar-refractivity contribution in [2.75, 3.05) is 5.73 Å². The number of fused-ring (bicyclic) bond motifs is 3. The standard InChI is InChI=1S/C29H41N.C6H14.2C2H6/c1-6-21(7-2)11-12-22-9-8-10-26-27(22)18-29(5)17-24(16-28(26)29)20(4)23-13-19(3)14-25(30)15-23;1-5-6(2,3)4;2*1-2/h11-15,24,26-28H,4,6-10,16-18,30H2,1-3,5H3;5H2,1-4H3;2*1-2H3/b22-12+;;;. The van der Waals surface area contributed by atoms with E-state index in [1.165, 1.54) is 74.5 Å². The van der Waals surface area contributed by atoms with E-state index in [9.17, 15) is 0 Å². The Kier molecular flexibility index (Phi) is 15.1. The number of anilines is 1. The minimum Gasteiger partial charge on any atom is -0.399 e. The maximum Gasteiger partial charge on any atom is 0.0322 e. The predicted octanol–water partition coefficient (Wildman–Crippen LogP) is 12.6. The summed E-state index contributed by atoms with van der Waals surface area (Å²) in [7, 11) is 0. The molecule has 0 saturated heterocycles. The van der Waals surface area contributed by atoms with Crippen molar-refractivity contribution >= 4 is 11.3 Å². The van der Waals surface area contributed by atoms with E-state index in [-0.39, 0.29) is 0 Å². The maximum atomic E-state index is 6.13. The topological polar surface area (TPSA) is 26.0 Å². The Labute approximate surface area is 251 Å². The molecule has 3 fully saturated rings. The Balaban J connectivity index is 0.000000700. The number of benzene rings is 1. The fourth-order valence-corrected chi connectivity index (χ4v) is 7.20. The molecule has 0 spiro atoms. The van der Waals surface area contributed by atoms with Crippen LogP contribution in [0, 0.1) is 41.4 Å². The van der Waals surface area contributed by atoms with Gasteiger partial charge < -0.3 is 5.73 Å². The highest BCUT2D eigenvalue weighted by Crippen LogP contribution is 2.66. The van der Waals surface area contributed by atoms with Gasteiger partial charge in [-0.05, 0) is 122 Å². The molecule has 5 atom stereocenters. The first-order chi connectivity index (χ1) is 18.9. The molecule has 0 aromatic heterocycles. The molecule has 3 saturated carbocycles. The van der Waals surface area contributed by atoms with E-state index < -0.39 is 0 Å². The van der Waals surface area contributed by atoms with Crippen LogP contribution in [-0.4, -0.2) is 0 Å². The number of hydrogen-bond donors (Lipinski definition) is 1. The van der Waals surface area contributed by atoms with E-state index in [2.05, 4.69) is 92.3 Å². The van der Waals surface area contributed by atoms with Gasteiger partial charge in [-0.25, -0.2) is 0 Å². The van der Waals surface area contributed by atoms with Crippen molar-refractivity contribution in [1.29, 1.82) is 0 Å². The van der Waals surface area contributed by atoms with Crippen molar-refractivity contribution in [3.8, 4) is 0 Å². The summed E-state index contributed by atoms with van der Waals surface area (Å²) in [6.45, 7) is 30.8. The van der Waals surface area contributed by atoms with Crippen molar-refractivity contribution in [3.05, 3.63) is 59.2 Å². The normalized spacial score (nSPS) is 27.6. The van der Waals surface area contributed by atoms with E-state index in [0.29, 0.717) is 16.7 Å². The first-order valence-corrected chi connectivity index (χ1v) is 16.9. The van der Waals surface area contributed by atoms with E-state index in [1.54, 1.807) is 11.1 Å². The van der Waals surface area contributed by atoms with E-state index >= 15 is 0 Å². The smallest absolute Gasteiger partial charge is 0.0322 e. The van der Waals surface area contributed by atoms with E-state index in [4.69, 9.17) is 5.73 Å². The quantitative estimate of drug-likeness (QED) is 0.363. The van der Waals surface area contributed by atoms with Gasteiger partial charge in [0.25, 0.3) is 0 Å². The lowest BCUT2D eigenvalue weighted by molar-refractivity contribution is 0.221. The molecule has 3 aliphatic rings. The molecule has 5 unspecified atom stereocenters. The minimum atomic E-state index is 0.476. The molecule has 0 amide bonds. The van der Waals surface area contributed by atoms with Crippen LogP contribution in [0.1, 0.15) is 145 Å². The van der Waals surface area contributed by atoms with Gasteiger partial charge in [-0.1, -0.05) is 119 Å². The number of rotatable bonds is 5. The van der Waals surface area contributed by atoms with Crippen molar-refractivity contribution < 1.29 is 0 Å². The van der Waals surface area contributed by atoms with Crippen LogP contribution >= 0.6 is 0 Å². The SMILES string of the molecule is C=C(c1cc(C)cc(N)c1)C1CC2C3CCC/C(=C\C=C(CC)CC)C3CC2(C)C1.CC.CC.CCC(C)(C)C. The summed E-state index contributed by atoms with van der Waals surface area (Å²) < 4.78 is 0. The molecule has 3 aliphatic carbocycles. The Hall–Kier alpha value is -1.76. The molecular formula is C39H67N. The first kappa shape index (κ1) is 36.3. The third-order valence-electron chi connectivity index (χ3n) is 9.81. The second-order valence-corrected chi connectivity index (χ2v) is 13.6. The van der Waals surface area contributed by atoms with E-state index in [0.717, 1.165) is 23.4 Å². The fourth-order valence-electron chi connectivity index (χ4n) is 7.20. The lowest BCUT2D eigenvalue weighted by atomic mass is 9.73. The number of aryl methyl sites for hydroxylation is 1. The number of nitrogens with two attached hydrogens (primary N) is 1. The highest BCUT2D eigenvalue weighted by atomic mass is 14.6. The average Bonchev–Trinajstić information content (AvgIpc) is 3.41. The monoisotopic (exact) mass is 550 g/mol. The van der Waals surface area contributed by atoms with Crippen LogP contribution in [0.25, 0.3) is 5.57 Å². The summed E-state index contributed by atoms with van der Waals surface area (Å²) in [6.07, 6.45) is 16.7. The zero-order valence-corrected chi connectivity index (χ0v) is 28.8. The zero-order chi connectivity index (χ0) is 30.7. The molecular weight excluding hydrogens is 482 g/mol. The number of nitrogen functional groups attached to an aromatic ring is 1. The second-order valence-electron chi connectivity index (χ2n) is 13.6. The molecule has 1 heteroatoms. The molecule has 2 N–H and O–H groups in total. The van der Waals surface area contributed by atoms with Crippen molar-refractivity contribution in [1.82, 2.24) is 0 Å². The number of hydrogen-bond acceptors (Lipinski definition) is 1. The van der Waals surface area contributed by atoms with Gasteiger partial charge in [-0.15, -0.1) is 0 Å². The third kappa shape index (κ3) is 9.66. The first-order valence-electron chi connectivity index (χ1n) is 16.9. The Morgan fingerprint density at radius 1 is 1.02 bits per heavy atom. The van der Waals surface area contributed by atoms with Gasteiger partial charge >= 0.3 is 0 Å². The summed E-state index contributed by atoms with van der Waals surface area (Å²) >= 11 is 0. The highest BCUT2D eigenvalue weighted by Gasteiger charge is 2.56. The zero-order valence-electron chi connectivity index (χ0n) is 28.8. The highest BCUT2D eigenvalue weighted by molar-refractivity contribution is 5.69. The van der Waals surface area contributed by atoms with Crippen LogP contribution in [0.15, 0.2) is 48.1 Å². The second kappa shape index (κ2) is 16.6. The van der Waals surface area contributed by atoms with Gasteiger partial charge in [0.1, 0.15) is 0 Å². The summed E-state index contributed by atoms with van der Waals surface area (Å²) in [5, 5.41) is 0. The summed E-state index contributed by atoms with van der Waals surface area (Å²) in [6, 6.07) is 6.45. The molecule has 0 radical (unpaired) electrons. The summed E-state index contributed by atoms with van der Waals surface area (Å²) in [4.78, 5) is 0. The van der Waals surface area contributed by atoms with Crippen LogP contribution in [0.2, 0.25) is 0 Å². The molecule has 228 valence electrons. The minimum absolute atomic E-state index is 0.476. The Morgan fingerprint density at radius 3 is 2.15 bits per heavy atom. The lowest BCUT2D eigenvalue weighted by Gasteiger charge is -2.32. The molecule has 0 bridgehead atoms. The third-order valence-corrected chi connectivity index (χ3v) is 9.81. The molecule has 40 heavy (non-hydrogen) atoms. The lowest BCUT2D eigenvalue weighted by Crippen LogP contribution is -2.22. The molecule has 0 heterocycles. The molecule has 1 aromatic rings. The van der Waals surface area contributed by atoms with Crippen LogP contribution in [0.4, 0.5) is 5.69 Å². The van der Waals surface area contributed by atoms with Gasteiger partial charge in [0, 0.05) is 5.69 Å². The number of allylic oxidation sites excluding steroid dienone is 5.